The number of unbranched alkanes of at least 4 members (excludes halogenated alkanes) is 28. The Morgan fingerprint density at radius 3 is 1.15 bits per heavy atom. The molecule has 1 rings (SSSR count). The zero-order valence-corrected chi connectivity index (χ0v) is 31.1. The molecule has 1 aromatic carbocycles. The van der Waals surface area contributed by atoms with Crippen molar-refractivity contribution in [2.24, 2.45) is 5.73 Å². The van der Waals surface area contributed by atoms with E-state index in [4.69, 9.17) is 19.9 Å². The minimum absolute atomic E-state index is 0.492. The molecular formula is C42H79NO3. The second kappa shape index (κ2) is 35.1. The first-order valence-corrected chi connectivity index (χ1v) is 20.4. The monoisotopic (exact) mass is 646 g/mol. The Morgan fingerprint density at radius 2 is 0.804 bits per heavy atom. The van der Waals surface area contributed by atoms with Crippen LogP contribution in [0.2, 0.25) is 0 Å². The van der Waals surface area contributed by atoms with Gasteiger partial charge in [0, 0.05) is 31.4 Å². The van der Waals surface area contributed by atoms with Crippen molar-refractivity contribution in [3.8, 4) is 11.5 Å². The highest BCUT2D eigenvalue weighted by Gasteiger charge is 2.05. The fourth-order valence-corrected chi connectivity index (χ4v) is 6.43. The Hall–Kier alpha value is -1.26. The van der Waals surface area contributed by atoms with Crippen molar-refractivity contribution in [1.82, 2.24) is 0 Å². The summed E-state index contributed by atoms with van der Waals surface area (Å²) in [5.41, 5.74) is 6.87. The van der Waals surface area contributed by atoms with Crippen LogP contribution in [0.5, 0.6) is 11.5 Å². The summed E-state index contributed by atoms with van der Waals surface area (Å²) in [6.45, 7) is 5.48. The number of rotatable bonds is 37. The molecule has 2 N–H and O–H groups in total. The standard InChI is InChI=1S/C42H79NO3/c1-3-4-5-6-7-8-9-10-11-12-13-14-15-16-17-18-21-24-27-30-35-45-36-31-28-25-22-19-20-23-26-29-32-37-46-42-38-41(44-2)34-33-40(42)39-43/h33-34,38H,3-32,35-37,39,43H2,1-2H3. The quantitative estimate of drug-likeness (QED) is 0.0732. The van der Waals surface area contributed by atoms with E-state index in [0.29, 0.717) is 6.54 Å². The lowest BCUT2D eigenvalue weighted by atomic mass is 10.0. The Balaban J connectivity index is 1.68. The summed E-state index contributed by atoms with van der Waals surface area (Å²) in [4.78, 5) is 0. The van der Waals surface area contributed by atoms with Gasteiger partial charge in [-0.3, -0.25) is 0 Å². The molecule has 0 saturated heterocycles. The first-order chi connectivity index (χ1) is 22.8. The summed E-state index contributed by atoms with van der Waals surface area (Å²) in [5, 5.41) is 0. The number of nitrogens with two attached hydrogens (primary N) is 1. The van der Waals surface area contributed by atoms with Crippen LogP contribution in [0.25, 0.3) is 0 Å². The molecule has 46 heavy (non-hydrogen) atoms. The van der Waals surface area contributed by atoms with Gasteiger partial charge in [0.25, 0.3) is 0 Å². The Bertz CT molecular complexity index is 740. The summed E-state index contributed by atoms with van der Waals surface area (Å²) in [5.74, 6) is 1.68. The molecule has 0 heterocycles. The maximum absolute atomic E-state index is 5.97. The lowest BCUT2D eigenvalue weighted by molar-refractivity contribution is 0.125. The minimum Gasteiger partial charge on any atom is -0.497 e. The molecule has 0 saturated carbocycles. The number of hydrogen-bond donors (Lipinski definition) is 1. The minimum atomic E-state index is 0.492. The van der Waals surface area contributed by atoms with Gasteiger partial charge >= 0.3 is 0 Å². The first kappa shape index (κ1) is 42.8. The van der Waals surface area contributed by atoms with Gasteiger partial charge in [0.15, 0.2) is 0 Å². The second-order valence-corrected chi connectivity index (χ2v) is 13.9. The average Bonchev–Trinajstić information content (AvgIpc) is 3.08. The fraction of sp³-hybridized carbons (Fsp3) is 0.857. The van der Waals surface area contributed by atoms with E-state index in [9.17, 15) is 0 Å². The van der Waals surface area contributed by atoms with E-state index in [1.165, 1.54) is 186 Å². The molecule has 0 radical (unpaired) electrons. The lowest BCUT2D eigenvalue weighted by Crippen LogP contribution is -2.04. The highest BCUT2D eigenvalue weighted by atomic mass is 16.5. The molecule has 4 nitrogen and oxygen atoms in total. The van der Waals surface area contributed by atoms with Gasteiger partial charge in [-0.25, -0.2) is 0 Å². The van der Waals surface area contributed by atoms with Gasteiger partial charge in [-0.2, -0.15) is 0 Å². The highest BCUT2D eigenvalue weighted by Crippen LogP contribution is 2.25. The maximum atomic E-state index is 5.97. The molecule has 0 spiro atoms. The van der Waals surface area contributed by atoms with Crippen molar-refractivity contribution in [1.29, 1.82) is 0 Å². The number of benzene rings is 1. The van der Waals surface area contributed by atoms with Crippen LogP contribution in [-0.4, -0.2) is 26.9 Å². The second-order valence-electron chi connectivity index (χ2n) is 13.9. The van der Waals surface area contributed by atoms with Crippen LogP contribution in [0, 0.1) is 0 Å². The van der Waals surface area contributed by atoms with Crippen molar-refractivity contribution in [2.75, 3.05) is 26.9 Å². The molecule has 1 aromatic rings. The van der Waals surface area contributed by atoms with E-state index in [1.54, 1.807) is 7.11 Å². The van der Waals surface area contributed by atoms with Crippen molar-refractivity contribution < 1.29 is 14.2 Å². The third kappa shape index (κ3) is 27.8. The summed E-state index contributed by atoms with van der Waals surface area (Å²) < 4.78 is 17.2. The van der Waals surface area contributed by atoms with Crippen LogP contribution in [0.15, 0.2) is 18.2 Å². The molecule has 0 aliphatic heterocycles. The van der Waals surface area contributed by atoms with Gasteiger partial charge in [0.1, 0.15) is 11.5 Å². The van der Waals surface area contributed by atoms with E-state index >= 15 is 0 Å². The predicted molar refractivity (Wildman–Crippen MR) is 201 cm³/mol. The molecule has 4 heteroatoms. The van der Waals surface area contributed by atoms with E-state index in [0.717, 1.165) is 43.3 Å². The van der Waals surface area contributed by atoms with E-state index in [-0.39, 0.29) is 0 Å². The van der Waals surface area contributed by atoms with Crippen LogP contribution in [0.3, 0.4) is 0 Å². The topological polar surface area (TPSA) is 53.7 Å². The zero-order valence-electron chi connectivity index (χ0n) is 31.1. The Labute approximate surface area is 287 Å². The van der Waals surface area contributed by atoms with Gasteiger partial charge in [0.05, 0.1) is 13.7 Å². The fourth-order valence-electron chi connectivity index (χ4n) is 6.43. The normalized spacial score (nSPS) is 11.4. The molecule has 0 atom stereocenters. The summed E-state index contributed by atoms with van der Waals surface area (Å²) in [7, 11) is 1.68. The van der Waals surface area contributed by atoms with Crippen molar-refractivity contribution in [2.45, 2.75) is 206 Å². The van der Waals surface area contributed by atoms with Gasteiger partial charge < -0.3 is 19.9 Å². The number of ether oxygens (including phenoxy) is 3. The van der Waals surface area contributed by atoms with Crippen LogP contribution < -0.4 is 15.2 Å². The highest BCUT2D eigenvalue weighted by molar-refractivity contribution is 5.40. The molecule has 0 aliphatic rings. The molecule has 0 bridgehead atoms. The molecule has 0 aromatic heterocycles. The largest absolute Gasteiger partial charge is 0.497 e. The molecule has 0 fully saturated rings. The van der Waals surface area contributed by atoms with Crippen LogP contribution in [0.1, 0.15) is 205 Å². The van der Waals surface area contributed by atoms with Crippen LogP contribution >= 0.6 is 0 Å². The lowest BCUT2D eigenvalue weighted by Gasteiger charge is -2.12. The van der Waals surface area contributed by atoms with E-state index in [1.807, 2.05) is 18.2 Å². The van der Waals surface area contributed by atoms with Gasteiger partial charge in [-0.1, -0.05) is 186 Å². The molecule has 270 valence electrons. The Kier molecular flexibility index (Phi) is 32.6. The third-order valence-electron chi connectivity index (χ3n) is 9.58. The summed E-state index contributed by atoms with van der Waals surface area (Å²) in [6.07, 6.45) is 41.8. The smallest absolute Gasteiger partial charge is 0.127 e. The third-order valence-corrected chi connectivity index (χ3v) is 9.58. The SMILES string of the molecule is CCCCCCCCCCCCCCCCCCCCCCOCCCCCCCCCCCCOc1cc(OC)ccc1CN. The van der Waals surface area contributed by atoms with Gasteiger partial charge in [-0.15, -0.1) is 0 Å². The van der Waals surface area contributed by atoms with Crippen molar-refractivity contribution in [3.05, 3.63) is 23.8 Å². The molecule has 0 unspecified atom stereocenters. The summed E-state index contributed by atoms with van der Waals surface area (Å²) in [6, 6.07) is 5.87. The van der Waals surface area contributed by atoms with Crippen LogP contribution in [0.4, 0.5) is 0 Å². The van der Waals surface area contributed by atoms with Gasteiger partial charge in [-0.05, 0) is 25.3 Å². The predicted octanol–water partition coefficient (Wildman–Crippen LogP) is 13.3. The molecular weight excluding hydrogens is 566 g/mol. The summed E-state index contributed by atoms with van der Waals surface area (Å²) >= 11 is 0. The first-order valence-electron chi connectivity index (χ1n) is 20.4. The van der Waals surface area contributed by atoms with Crippen molar-refractivity contribution in [3.63, 3.8) is 0 Å². The van der Waals surface area contributed by atoms with E-state index < -0.39 is 0 Å². The van der Waals surface area contributed by atoms with Gasteiger partial charge in [0.2, 0.25) is 0 Å². The Morgan fingerprint density at radius 1 is 0.457 bits per heavy atom. The average molecular weight is 646 g/mol. The zero-order chi connectivity index (χ0) is 33.0. The van der Waals surface area contributed by atoms with Crippen LogP contribution in [-0.2, 0) is 11.3 Å². The molecule has 0 aliphatic carbocycles. The number of hydrogen-bond acceptors (Lipinski definition) is 4. The van der Waals surface area contributed by atoms with E-state index in [2.05, 4.69) is 6.92 Å². The molecule has 0 amide bonds. The van der Waals surface area contributed by atoms with Crippen molar-refractivity contribution >= 4 is 0 Å². The maximum Gasteiger partial charge on any atom is 0.127 e. The number of methoxy groups -OCH3 is 1.